The van der Waals surface area contributed by atoms with E-state index in [0.717, 1.165) is 0 Å². The second-order valence-electron chi connectivity index (χ2n) is 7.14. The molecular weight excluding hydrogens is 447 g/mol. The number of amides is 2. The number of aliphatic hydroxyl groups is 1. The minimum Gasteiger partial charge on any atom is -0.386 e. The van der Waals surface area contributed by atoms with Crippen molar-refractivity contribution in [1.82, 2.24) is 10.3 Å². The molecule has 2 aliphatic rings. The Hall–Kier alpha value is -2.98. The Morgan fingerprint density at radius 2 is 1.81 bits per heavy atom. The third-order valence-corrected chi connectivity index (χ3v) is 5.79. The van der Waals surface area contributed by atoms with Crippen molar-refractivity contribution in [2.45, 2.75) is 18.2 Å². The van der Waals surface area contributed by atoms with Gasteiger partial charge in [-0.05, 0) is 35.9 Å². The van der Waals surface area contributed by atoms with Crippen molar-refractivity contribution < 1.29 is 19.6 Å². The summed E-state index contributed by atoms with van der Waals surface area (Å²) in [6.07, 6.45) is 2.02. The van der Waals surface area contributed by atoms with Gasteiger partial charge in [0.2, 0.25) is 11.8 Å². The molecule has 0 aromatic heterocycles. The number of rotatable bonds is 5. The van der Waals surface area contributed by atoms with Crippen LogP contribution in [-0.4, -0.2) is 38.9 Å². The van der Waals surface area contributed by atoms with E-state index in [-0.39, 0.29) is 10.7 Å². The Morgan fingerprint density at radius 1 is 1.10 bits per heavy atom. The van der Waals surface area contributed by atoms with Gasteiger partial charge in [-0.3, -0.25) is 25.0 Å². The minimum atomic E-state index is -1.17. The third-order valence-electron chi connectivity index (χ3n) is 5.24. The summed E-state index contributed by atoms with van der Waals surface area (Å²) in [5, 5.41) is 26.4. The number of aliphatic hydroxyl groups excluding tert-OH is 1. The molecular formula is C20H16Cl2N4O5. The van der Waals surface area contributed by atoms with Gasteiger partial charge in [-0.15, -0.1) is 0 Å². The second-order valence-corrected chi connectivity index (χ2v) is 7.98. The summed E-state index contributed by atoms with van der Waals surface area (Å²) in [4.78, 5) is 35.1. The van der Waals surface area contributed by atoms with Gasteiger partial charge in [0.1, 0.15) is 6.04 Å². The van der Waals surface area contributed by atoms with E-state index in [4.69, 9.17) is 23.2 Å². The zero-order valence-corrected chi connectivity index (χ0v) is 17.2. The Labute approximate surface area is 186 Å². The number of benzene rings is 2. The molecule has 0 bridgehead atoms. The summed E-state index contributed by atoms with van der Waals surface area (Å²) in [5.41, 5.74) is 3.75. The lowest BCUT2D eigenvalue weighted by Gasteiger charge is -2.40. The van der Waals surface area contributed by atoms with Crippen LogP contribution < -0.4 is 10.7 Å². The number of nitro benzene ring substituents is 1. The monoisotopic (exact) mass is 462 g/mol. The molecule has 4 atom stereocenters. The first-order valence-electron chi connectivity index (χ1n) is 9.22. The fraction of sp³-hybridized carbons (Fsp3) is 0.200. The molecule has 1 fully saturated rings. The predicted molar refractivity (Wildman–Crippen MR) is 113 cm³/mol. The van der Waals surface area contributed by atoms with Crippen LogP contribution in [0, 0.1) is 16.0 Å². The van der Waals surface area contributed by atoms with Gasteiger partial charge in [0.05, 0.1) is 33.7 Å². The third kappa shape index (κ3) is 4.00. The van der Waals surface area contributed by atoms with Gasteiger partial charge in [-0.25, -0.2) is 5.01 Å². The SMILES string of the molecule is O=C1NC(=O)C2C1C=CC(C(O)c1ccc([N+](=O)[O-])cc1)N2Nc1ccc(Cl)cc1Cl. The van der Waals surface area contributed by atoms with Gasteiger partial charge in [0.25, 0.3) is 5.69 Å². The molecule has 9 nitrogen and oxygen atoms in total. The molecule has 2 heterocycles. The minimum absolute atomic E-state index is 0.112. The van der Waals surface area contributed by atoms with Gasteiger partial charge >= 0.3 is 0 Å². The highest BCUT2D eigenvalue weighted by molar-refractivity contribution is 6.36. The van der Waals surface area contributed by atoms with E-state index >= 15 is 0 Å². The van der Waals surface area contributed by atoms with Gasteiger partial charge in [-0.1, -0.05) is 35.4 Å². The normalized spacial score (nSPS) is 23.9. The Kier molecular flexibility index (Phi) is 5.67. The maximum Gasteiger partial charge on any atom is 0.269 e. The lowest BCUT2D eigenvalue weighted by atomic mass is 9.90. The topological polar surface area (TPSA) is 125 Å². The number of nitrogens with zero attached hydrogens (tertiary/aromatic N) is 2. The van der Waals surface area contributed by atoms with E-state index in [0.29, 0.717) is 16.3 Å². The molecule has 0 spiro atoms. The summed E-state index contributed by atoms with van der Waals surface area (Å²) in [6, 6.07) is 8.47. The molecule has 4 unspecified atom stereocenters. The van der Waals surface area contributed by atoms with Crippen LogP contribution >= 0.6 is 23.2 Å². The van der Waals surface area contributed by atoms with Gasteiger partial charge in [0.15, 0.2) is 0 Å². The molecule has 0 aliphatic carbocycles. The highest BCUT2D eigenvalue weighted by Gasteiger charge is 2.49. The number of nitro groups is 1. The van der Waals surface area contributed by atoms with Crippen LogP contribution in [0.3, 0.4) is 0 Å². The van der Waals surface area contributed by atoms with Gasteiger partial charge in [-0.2, -0.15) is 0 Å². The molecule has 160 valence electrons. The van der Waals surface area contributed by atoms with Gasteiger partial charge in [0, 0.05) is 17.2 Å². The summed E-state index contributed by atoms with van der Waals surface area (Å²) in [5.74, 6) is -1.70. The van der Waals surface area contributed by atoms with Crippen molar-refractivity contribution in [1.29, 1.82) is 0 Å². The Bertz CT molecular complexity index is 1090. The molecule has 0 radical (unpaired) electrons. The van der Waals surface area contributed by atoms with Gasteiger partial charge < -0.3 is 10.5 Å². The average Bonchev–Trinajstić information content (AvgIpc) is 3.03. The van der Waals surface area contributed by atoms with Crippen LogP contribution in [0.15, 0.2) is 54.6 Å². The Balaban J connectivity index is 1.70. The molecule has 0 saturated carbocycles. The molecule has 4 rings (SSSR count). The number of carbonyl (C=O) groups excluding carboxylic acids is 2. The number of hydrazine groups is 1. The van der Waals surface area contributed by atoms with Crippen LogP contribution in [0.1, 0.15) is 11.7 Å². The Morgan fingerprint density at radius 3 is 2.45 bits per heavy atom. The van der Waals surface area contributed by atoms with E-state index < -0.39 is 40.8 Å². The van der Waals surface area contributed by atoms with Crippen LogP contribution in [0.5, 0.6) is 0 Å². The fourth-order valence-corrected chi connectivity index (χ4v) is 4.15. The summed E-state index contributed by atoms with van der Waals surface area (Å²) >= 11 is 12.2. The van der Waals surface area contributed by atoms with Crippen molar-refractivity contribution >= 4 is 46.4 Å². The summed E-state index contributed by atoms with van der Waals surface area (Å²) in [7, 11) is 0. The zero-order valence-electron chi connectivity index (χ0n) is 15.7. The van der Waals surface area contributed by atoms with Crippen LogP contribution in [0.25, 0.3) is 0 Å². The number of fused-ring (bicyclic) bond motifs is 1. The predicted octanol–water partition coefficient (Wildman–Crippen LogP) is 2.84. The number of hydrogen-bond donors (Lipinski definition) is 3. The van der Waals surface area contributed by atoms with Crippen molar-refractivity contribution in [2.75, 3.05) is 5.43 Å². The maximum atomic E-state index is 12.5. The lowest BCUT2D eigenvalue weighted by Crippen LogP contribution is -2.55. The maximum absolute atomic E-state index is 12.5. The smallest absolute Gasteiger partial charge is 0.269 e. The van der Waals surface area contributed by atoms with Crippen LogP contribution in [-0.2, 0) is 9.59 Å². The van der Waals surface area contributed by atoms with Crippen LogP contribution in [0.2, 0.25) is 10.0 Å². The summed E-state index contributed by atoms with van der Waals surface area (Å²) in [6.45, 7) is 0. The van der Waals surface area contributed by atoms with E-state index in [9.17, 15) is 24.8 Å². The highest BCUT2D eigenvalue weighted by Crippen LogP contribution is 2.35. The molecule has 2 aromatic carbocycles. The molecule has 31 heavy (non-hydrogen) atoms. The number of imide groups is 1. The molecule has 2 amide bonds. The van der Waals surface area contributed by atoms with Crippen LogP contribution in [0.4, 0.5) is 11.4 Å². The van der Waals surface area contributed by atoms with Crippen molar-refractivity contribution in [3.63, 3.8) is 0 Å². The quantitative estimate of drug-likeness (QED) is 0.270. The first-order chi connectivity index (χ1) is 14.8. The van der Waals surface area contributed by atoms with Crippen molar-refractivity contribution in [2.24, 2.45) is 5.92 Å². The van der Waals surface area contributed by atoms with E-state index in [2.05, 4.69) is 10.7 Å². The van der Waals surface area contributed by atoms with Crippen molar-refractivity contribution in [3.8, 4) is 0 Å². The standard InChI is InChI=1S/C20H16Cl2N4O5/c21-11-3-7-15(14(22)9-11)24-25-16(8-6-13-17(25)20(29)23-19(13)28)18(27)10-1-4-12(5-2-10)26(30)31/h1-9,13,16-18,24,27H,(H,23,28,29). The molecule has 3 N–H and O–H groups in total. The number of anilines is 1. The molecule has 2 aliphatic heterocycles. The zero-order chi connectivity index (χ0) is 22.3. The number of non-ortho nitro benzene ring substituents is 1. The average molecular weight is 463 g/mol. The van der Waals surface area contributed by atoms with E-state index in [1.165, 1.54) is 35.3 Å². The lowest BCUT2D eigenvalue weighted by molar-refractivity contribution is -0.384. The number of halogens is 2. The second kappa shape index (κ2) is 8.27. The fourth-order valence-electron chi connectivity index (χ4n) is 3.70. The number of nitrogens with one attached hydrogen (secondary N) is 2. The summed E-state index contributed by atoms with van der Waals surface area (Å²) < 4.78 is 0. The number of carbonyl (C=O) groups is 2. The molecule has 11 heteroatoms. The first-order valence-corrected chi connectivity index (χ1v) is 9.97. The number of hydrogen-bond acceptors (Lipinski definition) is 7. The van der Waals surface area contributed by atoms with E-state index in [1.807, 2.05) is 0 Å². The first kappa shape index (κ1) is 21.3. The molecule has 2 aromatic rings. The largest absolute Gasteiger partial charge is 0.386 e. The van der Waals surface area contributed by atoms with Crippen molar-refractivity contribution in [3.05, 3.63) is 80.3 Å². The molecule has 1 saturated heterocycles. The van der Waals surface area contributed by atoms with E-state index in [1.54, 1.807) is 24.3 Å². The highest BCUT2D eigenvalue weighted by atomic mass is 35.5.